The van der Waals surface area contributed by atoms with Gasteiger partial charge in [-0.25, -0.2) is 9.69 Å². The number of hydrogen-bond acceptors (Lipinski definition) is 19. The van der Waals surface area contributed by atoms with Crippen molar-refractivity contribution >= 4 is 92.4 Å². The van der Waals surface area contributed by atoms with Crippen LogP contribution in [0.2, 0.25) is 0 Å². The second-order valence-electron chi connectivity index (χ2n) is 21.7. The summed E-state index contributed by atoms with van der Waals surface area (Å²) in [5.74, 6) is -15.4. The van der Waals surface area contributed by atoms with E-state index in [1.807, 2.05) is 0 Å². The first-order valence-electron chi connectivity index (χ1n) is 27.5. The number of benzene rings is 1. The van der Waals surface area contributed by atoms with E-state index >= 15 is 13.8 Å². The van der Waals surface area contributed by atoms with Gasteiger partial charge in [0.1, 0.15) is 16.8 Å². The Bertz CT molecular complexity index is 2870. The van der Waals surface area contributed by atoms with Crippen molar-refractivity contribution in [1.82, 2.24) is 46.8 Å². The van der Waals surface area contributed by atoms with Crippen LogP contribution in [0.5, 0.6) is 5.75 Å². The number of ketones is 3. The molecular formula is C53H72N10O18S. The number of unbranched alkanes of at least 4 members (excludes halogenated alkanes) is 3. The number of hydrogen-bond donors (Lipinski definition) is 11. The third-order valence-electron chi connectivity index (χ3n) is 15.9. The topological polar surface area (TPSA) is 422 Å². The lowest BCUT2D eigenvalue weighted by atomic mass is 9.82. The van der Waals surface area contributed by atoms with Crippen molar-refractivity contribution in [3.63, 3.8) is 0 Å². The zero-order chi connectivity index (χ0) is 59.7. The lowest BCUT2D eigenvalue weighted by Crippen LogP contribution is -2.65. The molecule has 0 aliphatic carbocycles. The third kappa shape index (κ3) is 14.5. The minimum Gasteiger partial charge on any atom is -0.465 e. The van der Waals surface area contributed by atoms with Gasteiger partial charge in [-0.1, -0.05) is 40.0 Å². The lowest BCUT2D eigenvalue weighted by molar-refractivity contribution is -0.171. The van der Waals surface area contributed by atoms with Crippen LogP contribution in [0.4, 0.5) is 4.79 Å². The highest BCUT2D eigenvalue weighted by atomic mass is 32.2. The van der Waals surface area contributed by atoms with Crippen LogP contribution in [0.3, 0.4) is 0 Å². The normalized spacial score (nSPS) is 28.4. The number of nitrogens with zero attached hydrogens (tertiary/aromatic N) is 2. The van der Waals surface area contributed by atoms with Crippen LogP contribution in [0.25, 0.3) is 10.9 Å². The summed E-state index contributed by atoms with van der Waals surface area (Å²) >= 11 is 0. The molecule has 1 aromatic carbocycles. The summed E-state index contributed by atoms with van der Waals surface area (Å²) in [7, 11) is -2.34. The number of nitrogens with two attached hydrogens (primary N) is 1. The van der Waals surface area contributed by atoms with Gasteiger partial charge in [-0.3, -0.25) is 56.9 Å². The van der Waals surface area contributed by atoms with Crippen LogP contribution in [0.1, 0.15) is 103 Å². The fourth-order valence-electron chi connectivity index (χ4n) is 11.1. The van der Waals surface area contributed by atoms with Gasteiger partial charge < -0.3 is 67.5 Å². The smallest absolute Gasteiger partial charge is 0.432 e. The number of aromatic amines is 1. The van der Waals surface area contributed by atoms with E-state index in [4.69, 9.17) is 15.3 Å². The Labute approximate surface area is 473 Å². The molecule has 2 saturated heterocycles. The number of fused-ring (bicyclic) bond motifs is 7. The van der Waals surface area contributed by atoms with Crippen LogP contribution < -0.4 is 42.4 Å². The number of Topliss-reactive ketones (excluding diaryl/α,β-unsaturated/α-hetero) is 3. The van der Waals surface area contributed by atoms with E-state index in [0.29, 0.717) is 29.7 Å². The number of carbonyl (C=O) groups is 12. The van der Waals surface area contributed by atoms with Crippen molar-refractivity contribution in [2.24, 2.45) is 29.4 Å². The fraction of sp³-hybridized carbons (Fsp3) is 0.623. The van der Waals surface area contributed by atoms with Gasteiger partial charge >= 0.3 is 6.09 Å². The molecule has 448 valence electrons. The number of ether oxygens (including phenoxy) is 1. The number of H-pyrrole nitrogens is 1. The third-order valence-corrected chi connectivity index (χ3v) is 17.3. The van der Waals surface area contributed by atoms with Crippen LogP contribution in [0, 0.1) is 23.7 Å². The minimum absolute atomic E-state index is 0.0121. The number of imide groups is 1. The average molecular weight is 1170 g/mol. The number of hydroxylamine groups is 2. The molecule has 6 heterocycles. The maximum absolute atomic E-state index is 16.1. The lowest BCUT2D eigenvalue weighted by Gasteiger charge is -2.45. The number of rotatable bonds is 15. The molecule has 12 N–H and O–H groups in total. The van der Waals surface area contributed by atoms with Gasteiger partial charge in [-0.15, -0.1) is 5.06 Å². The highest BCUT2D eigenvalue weighted by Crippen LogP contribution is 2.41. The predicted octanol–water partition coefficient (Wildman–Crippen LogP) is -2.57. The highest BCUT2D eigenvalue weighted by molar-refractivity contribution is 7.85. The molecule has 7 rings (SSSR count). The molecule has 8 bridgehead atoms. The molecule has 5 aliphatic rings. The maximum atomic E-state index is 16.1. The Morgan fingerprint density at radius 1 is 0.878 bits per heavy atom. The number of aromatic nitrogens is 1. The molecule has 82 heavy (non-hydrogen) atoms. The number of amides is 9. The molecule has 2 fully saturated rings. The summed E-state index contributed by atoms with van der Waals surface area (Å²) in [5, 5.41) is 48.7. The van der Waals surface area contributed by atoms with E-state index in [-0.39, 0.29) is 60.5 Å². The summed E-state index contributed by atoms with van der Waals surface area (Å²) in [6, 6.07) is -1.82. The monoisotopic (exact) mass is 1170 g/mol. The van der Waals surface area contributed by atoms with E-state index in [9.17, 15) is 63.3 Å². The number of aliphatic hydroxyl groups excluding tert-OH is 3. The molecule has 5 aliphatic heterocycles. The van der Waals surface area contributed by atoms with Crippen molar-refractivity contribution in [2.45, 2.75) is 151 Å². The Kier molecular flexibility index (Phi) is 20.7. The predicted molar refractivity (Wildman–Crippen MR) is 285 cm³/mol. The Morgan fingerprint density at radius 3 is 2.24 bits per heavy atom. The van der Waals surface area contributed by atoms with E-state index in [1.54, 1.807) is 13.8 Å². The standard InChI is InChI=1S/C53H72N10O18S/c1-4-26(2)45-50(77)57-21-41(70)58-35-25-82(79)51-33-15-29(48(75)56-22-42(71)60-45)17-38(67)46(27(3)39(68)24-64)61-49(76)36-19-30(65)23-62(36)53(47(74)28(16-37(35)66)18-40(54)69,80-31-9-10-32(33)34(20-31)59-51)13-7-5-6-8-14-55-52(78)81-63-43(72)11-12-44(63)73/h9-10,20,26-30,35-36,39,45-46,59,64-65,68H,4-8,11-19,21-25H2,1-3H3,(H2,54,69)(H,55,78)(H,56,75)(H,57,77)(H,58,70)(H,60,71)(H,61,76)/t26-,27-,28-,29?,30?,35?,36-,39-,45-,46-,53?,82?/m0/s1. The molecule has 12 atom stereocenters. The van der Waals surface area contributed by atoms with Gasteiger partial charge in [-0.05, 0) is 49.3 Å². The first kappa shape index (κ1) is 62.4. The van der Waals surface area contributed by atoms with Gasteiger partial charge in [0.2, 0.25) is 41.2 Å². The van der Waals surface area contributed by atoms with Crippen molar-refractivity contribution in [2.75, 3.05) is 38.5 Å². The number of aliphatic hydroxyl groups is 3. The zero-order valence-electron chi connectivity index (χ0n) is 45.8. The Hall–Kier alpha value is -7.21. The van der Waals surface area contributed by atoms with E-state index in [1.165, 1.54) is 30.0 Å². The molecule has 9 amide bonds. The molecule has 0 saturated carbocycles. The molecule has 2 aromatic rings. The van der Waals surface area contributed by atoms with Crippen molar-refractivity contribution in [1.29, 1.82) is 0 Å². The van der Waals surface area contributed by atoms with Crippen LogP contribution in [-0.4, -0.2) is 186 Å². The van der Waals surface area contributed by atoms with Crippen LogP contribution >= 0.6 is 0 Å². The number of nitrogens with one attached hydrogen (secondary N) is 7. The molecule has 29 heteroatoms. The SMILES string of the molecule is CC[C@H](C)[C@@H]1NC(=O)CNC(=O)C2CC(=O)[C@H]([C@@H](C)[C@@H](O)CO)NC(=O)[C@@H]3CC(O)CN3C3(CCCCCCNC(=O)ON4C(=O)CCC4=O)Oc4ccc5c(c([nH]c5c4)S(=O)CC(NC(=O)CNC1=O)C(=O)C[C@@H](CC(N)=O)C3=O)C2. The van der Waals surface area contributed by atoms with Crippen molar-refractivity contribution in [3.8, 4) is 5.75 Å². The number of primary amides is 1. The zero-order valence-corrected chi connectivity index (χ0v) is 46.6. The summed E-state index contributed by atoms with van der Waals surface area (Å²) in [4.78, 5) is 176. The Balaban J connectivity index is 1.40. The van der Waals surface area contributed by atoms with Crippen molar-refractivity contribution in [3.05, 3.63) is 23.8 Å². The minimum atomic E-state index is -2.42. The summed E-state index contributed by atoms with van der Waals surface area (Å²) in [5.41, 5.74) is 3.78. The average Bonchev–Trinajstić information content (AvgIpc) is 4.23. The largest absolute Gasteiger partial charge is 0.465 e. The van der Waals surface area contributed by atoms with Gasteiger partial charge in [0.15, 0.2) is 17.3 Å². The van der Waals surface area contributed by atoms with E-state index in [2.05, 4.69) is 36.9 Å². The highest BCUT2D eigenvalue weighted by Gasteiger charge is 2.57. The first-order chi connectivity index (χ1) is 38.9. The second kappa shape index (κ2) is 27.2. The molecular weight excluding hydrogens is 1100 g/mol. The van der Waals surface area contributed by atoms with Crippen LogP contribution in [-0.2, 0) is 74.8 Å². The summed E-state index contributed by atoms with van der Waals surface area (Å²) < 4.78 is 22.0. The van der Waals surface area contributed by atoms with Gasteiger partial charge in [0.05, 0.1) is 72.1 Å². The van der Waals surface area contributed by atoms with Crippen molar-refractivity contribution < 1.29 is 86.6 Å². The van der Waals surface area contributed by atoms with E-state index in [0.717, 1.165) is 0 Å². The number of carbonyl (C=O) groups excluding carboxylic acids is 12. The maximum Gasteiger partial charge on any atom is 0.432 e. The van der Waals surface area contributed by atoms with Crippen LogP contribution in [0.15, 0.2) is 23.2 Å². The Morgan fingerprint density at radius 2 is 1.56 bits per heavy atom. The van der Waals surface area contributed by atoms with Gasteiger partial charge in [-0.2, -0.15) is 0 Å². The fourth-order valence-corrected chi connectivity index (χ4v) is 12.6. The van der Waals surface area contributed by atoms with Gasteiger partial charge in [0.25, 0.3) is 11.8 Å². The molecule has 1 aromatic heterocycles. The first-order valence-corrected chi connectivity index (χ1v) is 28.9. The molecule has 5 unspecified atom stereocenters. The quantitative estimate of drug-likeness (QED) is 0.0645. The molecule has 0 radical (unpaired) electrons. The van der Waals surface area contributed by atoms with E-state index < -0.39 is 211 Å². The molecule has 28 nitrogen and oxygen atoms in total. The summed E-state index contributed by atoms with van der Waals surface area (Å²) in [6.07, 6.45) is -6.52. The van der Waals surface area contributed by atoms with Gasteiger partial charge in [0, 0.05) is 80.8 Å². The second-order valence-corrected chi connectivity index (χ2v) is 23.1. The molecule has 0 spiro atoms. The summed E-state index contributed by atoms with van der Waals surface area (Å²) in [6.45, 7) is 1.95.